The predicted octanol–water partition coefficient (Wildman–Crippen LogP) is 0.882. The molecule has 0 aliphatic heterocycles. The molecule has 7 heteroatoms. The van der Waals surface area contributed by atoms with Crippen molar-refractivity contribution in [3.8, 4) is 5.75 Å². The highest BCUT2D eigenvalue weighted by atomic mass is 19.1. The molecule has 2 aromatic rings. The molecule has 5 nitrogen and oxygen atoms in total. The molecule has 0 aliphatic rings. The Hall–Kier alpha value is -2.28. The summed E-state index contributed by atoms with van der Waals surface area (Å²) in [5, 5.41) is -0.109. The number of ether oxygens (including phenoxy) is 1. The monoisotopic (exact) mass is 253 g/mol. The minimum atomic E-state index is -0.678. The van der Waals surface area contributed by atoms with Gasteiger partial charge in [0.05, 0.1) is 5.39 Å². The first-order valence-electron chi connectivity index (χ1n) is 4.98. The Bertz CT molecular complexity index is 604. The zero-order valence-corrected chi connectivity index (χ0v) is 9.11. The first-order chi connectivity index (χ1) is 8.63. The summed E-state index contributed by atoms with van der Waals surface area (Å²) in [4.78, 5) is 14.7. The van der Waals surface area contributed by atoms with E-state index in [2.05, 4.69) is 4.98 Å². The third kappa shape index (κ3) is 2.21. The lowest BCUT2D eigenvalue weighted by Crippen LogP contribution is -2.34. The Morgan fingerprint density at radius 2 is 2.06 bits per heavy atom. The fourth-order valence-electron chi connectivity index (χ4n) is 1.47. The van der Waals surface area contributed by atoms with Gasteiger partial charge in [-0.05, 0) is 18.2 Å². The van der Waals surface area contributed by atoms with E-state index in [0.29, 0.717) is 0 Å². The normalized spacial score (nSPS) is 10.4. The van der Waals surface area contributed by atoms with Crippen LogP contribution >= 0.6 is 0 Å². The first-order valence-corrected chi connectivity index (χ1v) is 4.98. The molecular weight excluding hydrogens is 244 g/mol. The number of benzene rings is 1. The number of nitrogens with two attached hydrogens (primary N) is 1. The maximum absolute atomic E-state index is 13.6. The van der Waals surface area contributed by atoms with Gasteiger partial charge in [0, 0.05) is 6.20 Å². The topological polar surface area (TPSA) is 77.2 Å². The van der Waals surface area contributed by atoms with Gasteiger partial charge in [-0.1, -0.05) is 0 Å². The van der Waals surface area contributed by atoms with Crippen LogP contribution in [0.25, 0.3) is 10.9 Å². The van der Waals surface area contributed by atoms with Crippen molar-refractivity contribution >= 4 is 16.8 Å². The maximum atomic E-state index is 13.6. The summed E-state index contributed by atoms with van der Waals surface area (Å²) >= 11 is 0. The Morgan fingerprint density at radius 3 is 2.78 bits per heavy atom. The lowest BCUT2D eigenvalue weighted by molar-refractivity contribution is -0.123. The highest BCUT2D eigenvalue weighted by Gasteiger charge is 2.13. The number of fused-ring (bicyclic) bond motifs is 1. The fraction of sp³-hybridized carbons (Fsp3) is 0.0909. The van der Waals surface area contributed by atoms with Crippen LogP contribution in [0.2, 0.25) is 0 Å². The van der Waals surface area contributed by atoms with Gasteiger partial charge in [-0.3, -0.25) is 15.2 Å². The van der Waals surface area contributed by atoms with Crippen molar-refractivity contribution in [2.45, 2.75) is 0 Å². The minimum absolute atomic E-state index is 0.0283. The first kappa shape index (κ1) is 12.2. The molecule has 1 aromatic heterocycles. The Morgan fingerprint density at radius 1 is 1.33 bits per heavy atom. The van der Waals surface area contributed by atoms with Crippen LogP contribution in [0.1, 0.15) is 0 Å². The Labute approximate surface area is 101 Å². The number of amides is 1. The highest BCUT2D eigenvalue weighted by Crippen LogP contribution is 2.28. The number of hydrazine groups is 1. The van der Waals surface area contributed by atoms with Crippen LogP contribution in [0.4, 0.5) is 8.78 Å². The van der Waals surface area contributed by atoms with Gasteiger partial charge in [-0.15, -0.1) is 0 Å². The van der Waals surface area contributed by atoms with Gasteiger partial charge < -0.3 is 4.74 Å². The van der Waals surface area contributed by atoms with Gasteiger partial charge in [0.15, 0.2) is 6.61 Å². The van der Waals surface area contributed by atoms with Crippen LogP contribution in [0.15, 0.2) is 24.4 Å². The lowest BCUT2D eigenvalue weighted by atomic mass is 10.2. The van der Waals surface area contributed by atoms with Crippen molar-refractivity contribution in [3.05, 3.63) is 36.0 Å². The molecule has 0 saturated carbocycles. The molecule has 2 rings (SSSR count). The molecule has 1 aromatic carbocycles. The summed E-state index contributed by atoms with van der Waals surface area (Å²) in [6.07, 6.45) is 1.26. The van der Waals surface area contributed by atoms with Crippen molar-refractivity contribution < 1.29 is 18.3 Å². The molecule has 0 unspecified atom stereocenters. The van der Waals surface area contributed by atoms with Crippen molar-refractivity contribution in [1.82, 2.24) is 10.4 Å². The van der Waals surface area contributed by atoms with Gasteiger partial charge in [0.25, 0.3) is 5.91 Å². The maximum Gasteiger partial charge on any atom is 0.271 e. The summed E-state index contributed by atoms with van der Waals surface area (Å²) in [5.74, 6) is 2.97. The molecule has 0 spiro atoms. The molecule has 18 heavy (non-hydrogen) atoms. The lowest BCUT2D eigenvalue weighted by Gasteiger charge is -2.09. The second-order valence-corrected chi connectivity index (χ2v) is 3.42. The number of nitrogens with one attached hydrogen (secondary N) is 1. The summed E-state index contributed by atoms with van der Waals surface area (Å²) in [5.41, 5.74) is 1.71. The summed E-state index contributed by atoms with van der Waals surface area (Å²) in [7, 11) is 0. The zero-order valence-electron chi connectivity index (χ0n) is 9.11. The summed E-state index contributed by atoms with van der Waals surface area (Å²) in [6.45, 7) is -0.397. The molecule has 1 amide bonds. The average Bonchev–Trinajstić information content (AvgIpc) is 2.40. The van der Waals surface area contributed by atoms with E-state index in [-0.39, 0.29) is 16.7 Å². The number of carbonyl (C=O) groups excluding carboxylic acids is 1. The third-order valence-electron chi connectivity index (χ3n) is 2.27. The standard InChI is InChI=1S/C11H9F2N3O2/c12-6-1-2-7(13)11-10(6)8(3-4-15-11)18-5-9(17)16-14/h1-4H,5,14H2,(H,16,17). The molecule has 3 N–H and O–H groups in total. The number of hydrogen-bond acceptors (Lipinski definition) is 4. The second-order valence-electron chi connectivity index (χ2n) is 3.42. The molecule has 1 heterocycles. The quantitative estimate of drug-likeness (QED) is 0.483. The molecule has 0 saturated heterocycles. The number of hydrogen-bond donors (Lipinski definition) is 2. The van der Waals surface area contributed by atoms with Gasteiger partial charge in [-0.25, -0.2) is 14.6 Å². The van der Waals surface area contributed by atoms with Gasteiger partial charge in [0.2, 0.25) is 0 Å². The number of carbonyl (C=O) groups is 1. The smallest absolute Gasteiger partial charge is 0.271 e. The van der Waals surface area contributed by atoms with Crippen LogP contribution in [-0.4, -0.2) is 17.5 Å². The predicted molar refractivity (Wildman–Crippen MR) is 59.5 cm³/mol. The van der Waals surface area contributed by atoms with Gasteiger partial charge >= 0.3 is 0 Å². The molecule has 0 fully saturated rings. The Balaban J connectivity index is 2.45. The van der Waals surface area contributed by atoms with Gasteiger partial charge in [-0.2, -0.15) is 0 Å². The van der Waals surface area contributed by atoms with E-state index in [9.17, 15) is 13.6 Å². The van der Waals surface area contributed by atoms with E-state index in [1.807, 2.05) is 5.43 Å². The molecule has 0 aliphatic carbocycles. The van der Waals surface area contributed by atoms with E-state index in [1.165, 1.54) is 12.3 Å². The van der Waals surface area contributed by atoms with Crippen molar-refractivity contribution in [2.24, 2.45) is 5.84 Å². The van der Waals surface area contributed by atoms with Crippen molar-refractivity contribution in [1.29, 1.82) is 0 Å². The highest BCUT2D eigenvalue weighted by molar-refractivity contribution is 5.86. The third-order valence-corrected chi connectivity index (χ3v) is 2.27. The van der Waals surface area contributed by atoms with Crippen LogP contribution < -0.4 is 16.0 Å². The van der Waals surface area contributed by atoms with Crippen LogP contribution in [0.3, 0.4) is 0 Å². The van der Waals surface area contributed by atoms with E-state index >= 15 is 0 Å². The van der Waals surface area contributed by atoms with Crippen LogP contribution in [0.5, 0.6) is 5.75 Å². The van der Waals surface area contributed by atoms with Crippen molar-refractivity contribution in [3.63, 3.8) is 0 Å². The van der Waals surface area contributed by atoms with Crippen LogP contribution in [0, 0.1) is 11.6 Å². The summed E-state index contributed by atoms with van der Waals surface area (Å²) < 4.78 is 32.1. The molecule has 0 bridgehead atoms. The summed E-state index contributed by atoms with van der Waals surface area (Å²) in [6, 6.07) is 3.28. The van der Waals surface area contributed by atoms with Crippen molar-refractivity contribution in [2.75, 3.05) is 6.61 Å². The van der Waals surface area contributed by atoms with E-state index < -0.39 is 24.1 Å². The van der Waals surface area contributed by atoms with Crippen LogP contribution in [-0.2, 0) is 4.79 Å². The van der Waals surface area contributed by atoms with Gasteiger partial charge in [0.1, 0.15) is 22.9 Å². The molecule has 0 atom stereocenters. The fourth-order valence-corrected chi connectivity index (χ4v) is 1.47. The number of rotatable bonds is 3. The van der Waals surface area contributed by atoms with E-state index in [1.54, 1.807) is 0 Å². The zero-order chi connectivity index (χ0) is 13.1. The number of halogens is 2. The average molecular weight is 253 g/mol. The number of aromatic nitrogens is 1. The molecule has 94 valence electrons. The molecular formula is C11H9F2N3O2. The largest absolute Gasteiger partial charge is 0.483 e. The number of pyridine rings is 1. The molecule has 0 radical (unpaired) electrons. The SMILES string of the molecule is NNC(=O)COc1ccnc2c(F)ccc(F)c12. The minimum Gasteiger partial charge on any atom is -0.483 e. The number of nitrogens with zero attached hydrogens (tertiary/aromatic N) is 1. The van der Waals surface area contributed by atoms with E-state index in [4.69, 9.17) is 10.6 Å². The van der Waals surface area contributed by atoms with E-state index in [0.717, 1.165) is 12.1 Å². The Kier molecular flexibility index (Phi) is 3.33. The second kappa shape index (κ2) is 4.92.